The number of aromatic amines is 1. The molecular formula is C38H35Cl3N12O6. The Hall–Kier alpha value is -5.79. The third kappa shape index (κ3) is 8.96. The molecule has 0 amide bonds. The maximum Gasteiger partial charge on any atom is 0.280 e. The van der Waals surface area contributed by atoms with Crippen molar-refractivity contribution in [2.75, 3.05) is 13.2 Å². The molecule has 0 saturated carbocycles. The van der Waals surface area contributed by atoms with Crippen molar-refractivity contribution >= 4 is 57.1 Å². The zero-order valence-electron chi connectivity index (χ0n) is 31.5. The molecule has 59 heavy (non-hydrogen) atoms. The summed E-state index contributed by atoms with van der Waals surface area (Å²) in [4.78, 5) is 51.0. The molecule has 8 aromatic rings. The summed E-state index contributed by atoms with van der Waals surface area (Å²) in [5.74, 6) is 2.48. The Morgan fingerprint density at radius 1 is 0.695 bits per heavy atom. The number of halogens is 3. The van der Waals surface area contributed by atoms with E-state index in [1.807, 2.05) is 48.5 Å². The van der Waals surface area contributed by atoms with Crippen LogP contribution in [0.1, 0.15) is 71.4 Å². The quantitative estimate of drug-likeness (QED) is 0.187. The second-order valence-electron chi connectivity index (χ2n) is 13.8. The smallest absolute Gasteiger partial charge is 0.280 e. The summed E-state index contributed by atoms with van der Waals surface area (Å²) in [5, 5.41) is 9.45. The summed E-state index contributed by atoms with van der Waals surface area (Å²) in [6, 6.07) is 15.3. The van der Waals surface area contributed by atoms with Crippen LogP contribution in [0.25, 0.3) is 22.3 Å². The van der Waals surface area contributed by atoms with Gasteiger partial charge in [-0.2, -0.15) is 9.97 Å². The number of nitrogens with zero attached hydrogens (tertiary/aromatic N) is 11. The van der Waals surface area contributed by atoms with E-state index in [9.17, 15) is 9.59 Å². The van der Waals surface area contributed by atoms with Gasteiger partial charge in [0.05, 0.1) is 44.4 Å². The number of H-pyrrole nitrogens is 1. The van der Waals surface area contributed by atoms with Crippen LogP contribution in [0.5, 0.6) is 0 Å². The Kier molecular flexibility index (Phi) is 11.9. The van der Waals surface area contributed by atoms with Crippen LogP contribution in [0, 0.1) is 0 Å². The highest BCUT2D eigenvalue weighted by molar-refractivity contribution is 6.30. The Morgan fingerprint density at radius 2 is 1.20 bits per heavy atom. The van der Waals surface area contributed by atoms with Gasteiger partial charge < -0.3 is 32.6 Å². The summed E-state index contributed by atoms with van der Waals surface area (Å²) in [5.41, 5.74) is 3.66. The largest absolute Gasteiger partial charge is 0.373 e. The molecule has 2 aliphatic rings. The molecule has 0 unspecified atom stereocenters. The summed E-state index contributed by atoms with van der Waals surface area (Å²) in [6.07, 6.45) is 7.53. The highest BCUT2D eigenvalue weighted by Crippen LogP contribution is 2.38. The van der Waals surface area contributed by atoms with Crippen LogP contribution in [0.15, 0.2) is 92.5 Å². The average Bonchev–Trinajstić information content (AvgIpc) is 4.10. The number of aromatic nitrogens is 12. The van der Waals surface area contributed by atoms with Crippen molar-refractivity contribution in [3.05, 3.63) is 139 Å². The first-order valence-corrected chi connectivity index (χ1v) is 19.6. The van der Waals surface area contributed by atoms with Gasteiger partial charge in [0, 0.05) is 36.0 Å². The van der Waals surface area contributed by atoms with E-state index in [0.717, 1.165) is 29.0 Å². The third-order valence-electron chi connectivity index (χ3n) is 9.81. The van der Waals surface area contributed by atoms with Crippen molar-refractivity contribution in [3.63, 3.8) is 0 Å². The number of hydrogen-bond donors (Lipinski definition) is 1. The van der Waals surface area contributed by atoms with Crippen molar-refractivity contribution in [1.82, 2.24) is 58.9 Å². The minimum Gasteiger partial charge on any atom is -0.373 e. The maximum atomic E-state index is 12.6. The van der Waals surface area contributed by atoms with E-state index in [1.165, 1.54) is 17.2 Å². The van der Waals surface area contributed by atoms with Crippen molar-refractivity contribution in [2.45, 2.75) is 49.3 Å². The molecule has 10 rings (SSSR count). The van der Waals surface area contributed by atoms with Crippen LogP contribution in [0.3, 0.4) is 0 Å². The van der Waals surface area contributed by atoms with E-state index >= 15 is 0 Å². The van der Waals surface area contributed by atoms with E-state index in [0.29, 0.717) is 64.0 Å². The van der Waals surface area contributed by atoms with Gasteiger partial charge in [-0.15, -0.1) is 11.6 Å². The number of hydrogen-bond acceptors (Lipinski definition) is 14. The lowest BCUT2D eigenvalue weighted by Gasteiger charge is -2.09. The highest BCUT2D eigenvalue weighted by atomic mass is 35.5. The van der Waals surface area contributed by atoms with Crippen LogP contribution < -0.4 is 11.1 Å². The molecule has 21 heteroatoms. The molecule has 0 spiro atoms. The van der Waals surface area contributed by atoms with Crippen LogP contribution in [0.2, 0.25) is 10.0 Å². The minimum atomic E-state index is -0.207. The molecule has 2 fully saturated rings. The van der Waals surface area contributed by atoms with Crippen molar-refractivity contribution < 1.29 is 18.5 Å². The zero-order valence-corrected chi connectivity index (χ0v) is 33.8. The van der Waals surface area contributed by atoms with Gasteiger partial charge in [-0.3, -0.25) is 14.2 Å². The van der Waals surface area contributed by atoms with Crippen molar-refractivity contribution in [3.8, 4) is 0 Å². The fourth-order valence-corrected chi connectivity index (χ4v) is 7.10. The predicted molar refractivity (Wildman–Crippen MR) is 214 cm³/mol. The van der Waals surface area contributed by atoms with E-state index in [1.54, 1.807) is 35.9 Å². The number of benzene rings is 2. The van der Waals surface area contributed by atoms with E-state index < -0.39 is 0 Å². The maximum absolute atomic E-state index is 12.6. The molecule has 6 aromatic heterocycles. The summed E-state index contributed by atoms with van der Waals surface area (Å²) < 4.78 is 26.8. The van der Waals surface area contributed by atoms with Crippen LogP contribution in [-0.2, 0) is 36.0 Å². The van der Waals surface area contributed by atoms with Gasteiger partial charge in [-0.25, -0.2) is 19.9 Å². The van der Waals surface area contributed by atoms with Gasteiger partial charge in [-0.05, 0) is 48.2 Å². The molecule has 0 aliphatic carbocycles. The molecule has 0 bridgehead atoms. The molecule has 2 saturated heterocycles. The fourth-order valence-electron chi connectivity index (χ4n) is 6.74. The molecule has 0 radical (unpaired) electrons. The summed E-state index contributed by atoms with van der Waals surface area (Å²) >= 11 is 17.5. The molecule has 18 nitrogen and oxygen atoms in total. The predicted octanol–water partition coefficient (Wildman–Crippen LogP) is 5.82. The second kappa shape index (κ2) is 17.6. The Bertz CT molecular complexity index is 2800. The normalized spacial score (nSPS) is 18.8. The topological polar surface area (TPSA) is 213 Å². The number of rotatable bonds is 7. The van der Waals surface area contributed by atoms with Gasteiger partial charge in [0.1, 0.15) is 18.8 Å². The second-order valence-corrected chi connectivity index (χ2v) is 14.9. The van der Waals surface area contributed by atoms with Gasteiger partial charge >= 0.3 is 0 Å². The zero-order chi connectivity index (χ0) is 41.0. The number of aryl methyl sites for hydroxylation is 2. The van der Waals surface area contributed by atoms with Crippen LogP contribution in [0.4, 0.5) is 0 Å². The lowest BCUT2D eigenvalue weighted by atomic mass is 10.0. The lowest BCUT2D eigenvalue weighted by molar-refractivity contribution is 0.110. The van der Waals surface area contributed by atoms with Gasteiger partial charge in [0.15, 0.2) is 34.0 Å². The van der Waals surface area contributed by atoms with E-state index in [-0.39, 0.29) is 47.6 Å². The van der Waals surface area contributed by atoms with Crippen molar-refractivity contribution in [1.29, 1.82) is 0 Å². The highest BCUT2D eigenvalue weighted by Gasteiger charge is 2.32. The molecule has 304 valence electrons. The lowest BCUT2D eigenvalue weighted by Crippen LogP contribution is -2.22. The first kappa shape index (κ1) is 40.0. The molecule has 2 aliphatic heterocycles. The fraction of sp³-hybridized carbons (Fsp3) is 0.316. The third-order valence-corrected chi connectivity index (χ3v) is 10.5. The first-order valence-electron chi connectivity index (χ1n) is 18.3. The number of imidazole rings is 2. The first-order chi connectivity index (χ1) is 28.6. The molecular weight excluding hydrogens is 827 g/mol. The summed E-state index contributed by atoms with van der Waals surface area (Å²) in [6.45, 7) is 1.25. The van der Waals surface area contributed by atoms with Crippen molar-refractivity contribution in [2.24, 2.45) is 14.1 Å². The Labute approximate surface area is 349 Å². The number of fused-ring (bicyclic) bond motifs is 2. The minimum absolute atomic E-state index is 0.0294. The van der Waals surface area contributed by atoms with E-state index in [4.69, 9.17) is 53.3 Å². The van der Waals surface area contributed by atoms with Crippen LogP contribution in [-0.4, -0.2) is 72.1 Å². The molecule has 2 aromatic carbocycles. The summed E-state index contributed by atoms with van der Waals surface area (Å²) in [7, 11) is 3.51. The number of alkyl halides is 1. The molecule has 1 N–H and O–H groups in total. The Morgan fingerprint density at radius 3 is 1.75 bits per heavy atom. The SMILES string of the molecule is ClCc1nc([C@@H]2CO[C@@H](c3ccc(Cl)cc3)C2)no1.Cn1cnc2nc[nH]c(=O)c21.Cn1cnc2ncn(Cc3nc([C@@H]4CO[C@@H](c5ccc(Cl)cc5)C4)no3)c(=O)c21. The standard InChI is InChI=1S/C19H17ClN6O3.C13H12Cl2N2O2.C6H6N4O/c1-25-9-21-18-16(25)19(27)26(10-22-18)7-15-23-17(24-29-15)12-6-14(28-8-12)11-2-4-13(20)5-3-11;14-6-12-16-13(17-19-12)9-5-11(18-7-9)8-1-3-10(15)4-2-8;1-10-3-9-5-4(10)6(11)8-2-7-5/h2-5,9-10,12,14H,6-8H2,1H3;1-4,9,11H,5-7H2;2-3H,1H3,(H,7,8,11)/t12-,14+;9-,11+;/m00./s1. The monoisotopic (exact) mass is 860 g/mol. The van der Waals surface area contributed by atoms with Gasteiger partial charge in [0.25, 0.3) is 11.1 Å². The van der Waals surface area contributed by atoms with Gasteiger partial charge in [0.2, 0.25) is 11.8 Å². The van der Waals surface area contributed by atoms with Crippen LogP contribution >= 0.6 is 34.8 Å². The average molecular weight is 862 g/mol. The van der Waals surface area contributed by atoms with E-state index in [2.05, 4.69) is 45.2 Å². The molecule has 4 atom stereocenters. The van der Waals surface area contributed by atoms with Gasteiger partial charge in [-0.1, -0.05) is 57.8 Å². The number of nitrogens with one attached hydrogen (secondary N) is 1. The number of ether oxygens (including phenoxy) is 2. The Balaban J connectivity index is 0.000000137. The molecule has 8 heterocycles.